The summed E-state index contributed by atoms with van der Waals surface area (Å²) in [5.74, 6) is 2.37. The quantitative estimate of drug-likeness (QED) is 0.940. The Morgan fingerprint density at radius 1 is 1.26 bits per heavy atom. The van der Waals surface area contributed by atoms with Crippen LogP contribution in [0.5, 0.6) is 0 Å². The molecule has 0 spiro atoms. The molecule has 2 fully saturated rings. The molecule has 1 amide bonds. The fourth-order valence-corrected chi connectivity index (χ4v) is 4.47. The summed E-state index contributed by atoms with van der Waals surface area (Å²) in [5, 5.41) is 7.50. The number of carbonyl (C=O) groups is 1. The van der Waals surface area contributed by atoms with E-state index in [0.717, 1.165) is 17.5 Å². The molecule has 1 aromatic carbocycles. The van der Waals surface area contributed by atoms with Crippen LogP contribution in [0.1, 0.15) is 43.0 Å². The van der Waals surface area contributed by atoms with E-state index < -0.39 is 0 Å². The summed E-state index contributed by atoms with van der Waals surface area (Å²) in [6.45, 7) is 2.16. The highest BCUT2D eigenvalue weighted by Crippen LogP contribution is 2.49. The molecule has 0 saturated heterocycles. The summed E-state index contributed by atoms with van der Waals surface area (Å²) in [7, 11) is 0. The Labute approximate surface area is 136 Å². The molecule has 4 rings (SSSR count). The molecule has 4 nitrogen and oxygen atoms in total. The number of para-hydroxylation sites is 1. The van der Waals surface area contributed by atoms with Crippen molar-refractivity contribution in [2.75, 3.05) is 0 Å². The fourth-order valence-electron chi connectivity index (χ4n) is 4.47. The summed E-state index contributed by atoms with van der Waals surface area (Å²) in [6.07, 6.45) is 8.85. The van der Waals surface area contributed by atoms with Crippen molar-refractivity contribution in [3.63, 3.8) is 0 Å². The van der Waals surface area contributed by atoms with Crippen LogP contribution in [0.3, 0.4) is 0 Å². The summed E-state index contributed by atoms with van der Waals surface area (Å²) in [4.78, 5) is 12.5. The van der Waals surface area contributed by atoms with Gasteiger partial charge in [0, 0.05) is 12.2 Å². The SMILES string of the molecule is C[C@H](NC(=O)c1cnn(-c2ccccc2)c1)[C@@H]1C[C@H]2CC[C@H]1C2. The Balaban J connectivity index is 1.42. The van der Waals surface area contributed by atoms with Crippen LogP contribution in [0, 0.1) is 17.8 Å². The second-order valence-electron chi connectivity index (χ2n) is 7.11. The van der Waals surface area contributed by atoms with E-state index in [9.17, 15) is 4.79 Å². The molecule has 0 unspecified atom stereocenters. The van der Waals surface area contributed by atoms with Gasteiger partial charge in [-0.05, 0) is 56.1 Å². The van der Waals surface area contributed by atoms with Crippen LogP contribution >= 0.6 is 0 Å². The van der Waals surface area contributed by atoms with Crippen LogP contribution in [-0.2, 0) is 0 Å². The molecule has 2 saturated carbocycles. The third-order valence-electron chi connectivity index (χ3n) is 5.66. The number of benzene rings is 1. The standard InChI is InChI=1S/C19H23N3O/c1-13(18-10-14-7-8-15(18)9-14)21-19(23)16-11-20-22(12-16)17-5-3-2-4-6-17/h2-6,11-15,18H,7-10H2,1H3,(H,21,23)/t13-,14-,15-,18-/m0/s1. The van der Waals surface area contributed by atoms with Gasteiger partial charge in [-0.15, -0.1) is 0 Å². The molecule has 0 aliphatic heterocycles. The Bertz CT molecular complexity index is 694. The van der Waals surface area contributed by atoms with Crippen molar-refractivity contribution < 1.29 is 4.79 Å². The van der Waals surface area contributed by atoms with E-state index >= 15 is 0 Å². The zero-order chi connectivity index (χ0) is 15.8. The Kier molecular flexibility index (Phi) is 3.68. The molecular weight excluding hydrogens is 286 g/mol. The topological polar surface area (TPSA) is 46.9 Å². The van der Waals surface area contributed by atoms with Crippen molar-refractivity contribution >= 4 is 5.91 Å². The first-order valence-corrected chi connectivity index (χ1v) is 8.61. The maximum atomic E-state index is 12.5. The van der Waals surface area contributed by atoms with E-state index in [4.69, 9.17) is 0 Å². The molecule has 23 heavy (non-hydrogen) atoms. The number of amides is 1. The van der Waals surface area contributed by atoms with Crippen LogP contribution in [0.25, 0.3) is 5.69 Å². The smallest absolute Gasteiger partial charge is 0.254 e. The van der Waals surface area contributed by atoms with Gasteiger partial charge in [0.05, 0.1) is 17.4 Å². The number of hydrogen-bond donors (Lipinski definition) is 1. The number of carbonyl (C=O) groups excluding carboxylic acids is 1. The van der Waals surface area contributed by atoms with Crippen molar-refractivity contribution in [1.29, 1.82) is 0 Å². The minimum atomic E-state index is -0.0116. The number of hydrogen-bond acceptors (Lipinski definition) is 2. The highest BCUT2D eigenvalue weighted by Gasteiger charge is 2.42. The number of fused-ring (bicyclic) bond motifs is 2. The zero-order valence-corrected chi connectivity index (χ0v) is 13.5. The van der Waals surface area contributed by atoms with Gasteiger partial charge in [-0.2, -0.15) is 5.10 Å². The minimum absolute atomic E-state index is 0.0116. The molecule has 2 aliphatic rings. The normalized spacial score (nSPS) is 27.1. The molecular formula is C19H23N3O. The highest BCUT2D eigenvalue weighted by atomic mass is 16.1. The highest BCUT2D eigenvalue weighted by molar-refractivity contribution is 5.94. The molecule has 1 heterocycles. The van der Waals surface area contributed by atoms with Crippen LogP contribution in [-0.4, -0.2) is 21.7 Å². The van der Waals surface area contributed by atoms with E-state index in [2.05, 4.69) is 17.3 Å². The van der Waals surface area contributed by atoms with Gasteiger partial charge in [0.15, 0.2) is 0 Å². The number of nitrogens with zero attached hydrogens (tertiary/aromatic N) is 2. The van der Waals surface area contributed by atoms with Crippen molar-refractivity contribution in [3.8, 4) is 5.69 Å². The lowest BCUT2D eigenvalue weighted by molar-refractivity contribution is 0.0915. The summed E-state index contributed by atoms with van der Waals surface area (Å²) < 4.78 is 1.75. The van der Waals surface area contributed by atoms with Gasteiger partial charge in [-0.25, -0.2) is 4.68 Å². The molecule has 1 aromatic heterocycles. The maximum Gasteiger partial charge on any atom is 0.254 e. The zero-order valence-electron chi connectivity index (χ0n) is 13.5. The van der Waals surface area contributed by atoms with Crippen molar-refractivity contribution in [1.82, 2.24) is 15.1 Å². The third-order valence-corrected chi connectivity index (χ3v) is 5.66. The van der Waals surface area contributed by atoms with Crippen LogP contribution < -0.4 is 5.32 Å². The molecule has 4 atom stereocenters. The molecule has 2 aromatic rings. The molecule has 2 aliphatic carbocycles. The van der Waals surface area contributed by atoms with E-state index in [0.29, 0.717) is 11.5 Å². The van der Waals surface area contributed by atoms with Gasteiger partial charge in [0.2, 0.25) is 0 Å². The van der Waals surface area contributed by atoms with Gasteiger partial charge in [0.25, 0.3) is 5.91 Å². The van der Waals surface area contributed by atoms with Gasteiger partial charge < -0.3 is 5.32 Å². The maximum absolute atomic E-state index is 12.5. The first kappa shape index (κ1) is 14.5. The second kappa shape index (κ2) is 5.84. The third kappa shape index (κ3) is 2.78. The monoisotopic (exact) mass is 309 g/mol. The molecule has 0 radical (unpaired) electrons. The number of aromatic nitrogens is 2. The average molecular weight is 309 g/mol. The van der Waals surface area contributed by atoms with E-state index in [1.807, 2.05) is 30.3 Å². The molecule has 1 N–H and O–H groups in total. The number of nitrogens with one attached hydrogen (secondary N) is 1. The Hall–Kier alpha value is -2.10. The van der Waals surface area contributed by atoms with Crippen LogP contribution in [0.2, 0.25) is 0 Å². The molecule has 2 bridgehead atoms. The fraction of sp³-hybridized carbons (Fsp3) is 0.474. The van der Waals surface area contributed by atoms with Crippen molar-refractivity contribution in [2.45, 2.75) is 38.6 Å². The van der Waals surface area contributed by atoms with Crippen molar-refractivity contribution in [3.05, 3.63) is 48.3 Å². The van der Waals surface area contributed by atoms with Gasteiger partial charge in [0.1, 0.15) is 0 Å². The van der Waals surface area contributed by atoms with E-state index in [-0.39, 0.29) is 11.9 Å². The Morgan fingerprint density at radius 2 is 2.09 bits per heavy atom. The predicted octanol–water partition coefficient (Wildman–Crippen LogP) is 3.43. The molecule has 4 heteroatoms. The van der Waals surface area contributed by atoms with E-state index in [1.165, 1.54) is 25.7 Å². The lowest BCUT2D eigenvalue weighted by atomic mass is 9.84. The first-order chi connectivity index (χ1) is 11.2. The first-order valence-electron chi connectivity index (χ1n) is 8.61. The summed E-state index contributed by atoms with van der Waals surface area (Å²) in [6, 6.07) is 10.1. The minimum Gasteiger partial charge on any atom is -0.349 e. The van der Waals surface area contributed by atoms with Crippen molar-refractivity contribution in [2.24, 2.45) is 17.8 Å². The Morgan fingerprint density at radius 3 is 2.78 bits per heavy atom. The lowest BCUT2D eigenvalue weighted by Crippen LogP contribution is -2.40. The second-order valence-corrected chi connectivity index (χ2v) is 7.11. The summed E-state index contributed by atoms with van der Waals surface area (Å²) in [5.41, 5.74) is 1.59. The average Bonchev–Trinajstić information content (AvgIpc) is 3.31. The van der Waals surface area contributed by atoms with Crippen LogP contribution in [0.4, 0.5) is 0 Å². The predicted molar refractivity (Wildman–Crippen MR) is 89.4 cm³/mol. The lowest BCUT2D eigenvalue weighted by Gasteiger charge is -2.28. The van der Waals surface area contributed by atoms with Gasteiger partial charge in [-0.3, -0.25) is 4.79 Å². The van der Waals surface area contributed by atoms with Gasteiger partial charge >= 0.3 is 0 Å². The van der Waals surface area contributed by atoms with Crippen LogP contribution in [0.15, 0.2) is 42.7 Å². The van der Waals surface area contributed by atoms with Gasteiger partial charge in [-0.1, -0.05) is 24.6 Å². The number of rotatable bonds is 4. The largest absolute Gasteiger partial charge is 0.349 e. The molecule has 120 valence electrons. The van der Waals surface area contributed by atoms with E-state index in [1.54, 1.807) is 17.1 Å². The summed E-state index contributed by atoms with van der Waals surface area (Å²) >= 11 is 0.